The summed E-state index contributed by atoms with van der Waals surface area (Å²) in [5.74, 6) is 0. The van der Waals surface area contributed by atoms with Crippen molar-refractivity contribution in [1.29, 1.82) is 0 Å². The maximum absolute atomic E-state index is 2.18. The third-order valence-electron chi connectivity index (χ3n) is 1.37. The first-order valence-corrected chi connectivity index (χ1v) is 3.53. The molecule has 1 aliphatic carbocycles. The Morgan fingerprint density at radius 2 is 1.44 bits per heavy atom. The van der Waals surface area contributed by atoms with E-state index in [1.807, 2.05) is 13.8 Å². The molecule has 0 N–H and O–H groups in total. The van der Waals surface area contributed by atoms with Crippen molar-refractivity contribution in [3.8, 4) is 0 Å². The summed E-state index contributed by atoms with van der Waals surface area (Å²) in [6, 6.07) is 8.53. The Hall–Kier alpha value is -0.780. The summed E-state index contributed by atoms with van der Waals surface area (Å²) in [4.78, 5) is 0. The lowest BCUT2D eigenvalue weighted by molar-refractivity contribution is 1.50. The molecule has 1 aromatic carbocycles. The van der Waals surface area contributed by atoms with Gasteiger partial charge in [-0.05, 0) is 17.5 Å². The lowest BCUT2D eigenvalue weighted by atomic mass is 10.4. The van der Waals surface area contributed by atoms with Gasteiger partial charge in [-0.2, -0.15) is 0 Å². The largest absolute Gasteiger partial charge is 0.0683 e. The lowest BCUT2D eigenvalue weighted by Gasteiger charge is -1.69. The molecule has 0 atom stereocenters. The molecule has 0 nitrogen and oxygen atoms in total. The van der Waals surface area contributed by atoms with Crippen LogP contribution in [0.25, 0.3) is 0 Å². The Labute approximate surface area is 56.5 Å². The Bertz CT molecular complexity index is 168. The van der Waals surface area contributed by atoms with Crippen molar-refractivity contribution in [1.82, 2.24) is 0 Å². The molecular weight excluding hydrogens is 108 g/mol. The van der Waals surface area contributed by atoms with Gasteiger partial charge >= 0.3 is 0 Å². The minimum absolute atomic E-state index is 1.24. The van der Waals surface area contributed by atoms with Crippen molar-refractivity contribution in [3.63, 3.8) is 0 Å². The summed E-state index contributed by atoms with van der Waals surface area (Å²) in [5, 5.41) is 0. The molecule has 0 saturated heterocycles. The molecule has 1 aromatic rings. The summed E-state index contributed by atoms with van der Waals surface area (Å²) in [6.07, 6.45) is 1.24. The van der Waals surface area contributed by atoms with Gasteiger partial charge in [0.05, 0.1) is 0 Å². The van der Waals surface area contributed by atoms with Gasteiger partial charge in [-0.25, -0.2) is 0 Å². The van der Waals surface area contributed by atoms with E-state index in [0.29, 0.717) is 0 Å². The monoisotopic (exact) mass is 120 g/mol. The minimum Gasteiger partial charge on any atom is -0.0683 e. The molecule has 48 valence electrons. The molecule has 0 fully saturated rings. The highest BCUT2D eigenvalue weighted by Gasteiger charge is 2.12. The first kappa shape index (κ1) is 6.34. The molecule has 0 aliphatic heterocycles. The van der Waals surface area contributed by atoms with Gasteiger partial charge in [-0.3, -0.25) is 0 Å². The van der Waals surface area contributed by atoms with Crippen molar-refractivity contribution < 1.29 is 0 Å². The predicted octanol–water partition coefficient (Wildman–Crippen LogP) is 2.62. The van der Waals surface area contributed by atoms with Crippen LogP contribution in [0.15, 0.2) is 24.3 Å². The van der Waals surface area contributed by atoms with Crippen molar-refractivity contribution in [2.75, 3.05) is 0 Å². The number of benzene rings is 1. The van der Waals surface area contributed by atoms with Gasteiger partial charge in [0, 0.05) is 0 Å². The van der Waals surface area contributed by atoms with E-state index in [2.05, 4.69) is 24.3 Å². The second kappa shape index (κ2) is 2.67. The highest BCUT2D eigenvalue weighted by Crippen LogP contribution is 2.25. The SMILES string of the molecule is CC.c1ccc2c(c1)C2. The Kier molecular flexibility index (Phi) is 1.88. The fourth-order valence-corrected chi connectivity index (χ4v) is 0.836. The topological polar surface area (TPSA) is 0 Å². The maximum atomic E-state index is 2.18. The van der Waals surface area contributed by atoms with Crippen LogP contribution in [0.2, 0.25) is 0 Å². The second-order valence-corrected chi connectivity index (χ2v) is 1.95. The van der Waals surface area contributed by atoms with E-state index in [1.54, 1.807) is 0 Å². The molecule has 2 rings (SSSR count). The van der Waals surface area contributed by atoms with Crippen LogP contribution < -0.4 is 0 Å². The molecule has 0 saturated carbocycles. The molecular formula is C9H12. The zero-order chi connectivity index (χ0) is 6.69. The van der Waals surface area contributed by atoms with Gasteiger partial charge in [-0.15, -0.1) is 0 Å². The summed E-state index contributed by atoms with van der Waals surface area (Å²) in [6.45, 7) is 4.00. The summed E-state index contributed by atoms with van der Waals surface area (Å²) in [5.41, 5.74) is 3.06. The van der Waals surface area contributed by atoms with Crippen LogP contribution in [0, 0.1) is 0 Å². The second-order valence-electron chi connectivity index (χ2n) is 1.95. The van der Waals surface area contributed by atoms with E-state index in [4.69, 9.17) is 0 Å². The van der Waals surface area contributed by atoms with Gasteiger partial charge in [0.2, 0.25) is 0 Å². The average molecular weight is 120 g/mol. The third-order valence-corrected chi connectivity index (χ3v) is 1.37. The summed E-state index contributed by atoms with van der Waals surface area (Å²) in [7, 11) is 0. The molecule has 1 aliphatic rings. The van der Waals surface area contributed by atoms with Crippen molar-refractivity contribution in [3.05, 3.63) is 35.4 Å². The smallest absolute Gasteiger partial charge is 0.00201 e. The summed E-state index contributed by atoms with van der Waals surface area (Å²) >= 11 is 0. The first-order valence-electron chi connectivity index (χ1n) is 3.53. The lowest BCUT2D eigenvalue weighted by Crippen LogP contribution is -1.48. The van der Waals surface area contributed by atoms with E-state index >= 15 is 0 Å². The molecule has 0 radical (unpaired) electrons. The van der Waals surface area contributed by atoms with Crippen LogP contribution in [-0.4, -0.2) is 0 Å². The van der Waals surface area contributed by atoms with Crippen molar-refractivity contribution in [2.45, 2.75) is 20.3 Å². The highest BCUT2D eigenvalue weighted by molar-refractivity contribution is 5.44. The Balaban J connectivity index is 0.000000186. The van der Waals surface area contributed by atoms with Crippen LogP contribution in [0.1, 0.15) is 25.0 Å². The number of hydrogen-bond donors (Lipinski definition) is 0. The third kappa shape index (κ3) is 1.32. The van der Waals surface area contributed by atoms with Crippen molar-refractivity contribution >= 4 is 0 Å². The van der Waals surface area contributed by atoms with Crippen LogP contribution in [0.3, 0.4) is 0 Å². The molecule has 0 heterocycles. The zero-order valence-corrected chi connectivity index (χ0v) is 6.02. The van der Waals surface area contributed by atoms with Gasteiger partial charge < -0.3 is 0 Å². The molecule has 0 heteroatoms. The van der Waals surface area contributed by atoms with Crippen LogP contribution >= 0.6 is 0 Å². The number of hydrogen-bond acceptors (Lipinski definition) is 0. The number of rotatable bonds is 0. The normalized spacial score (nSPS) is 10.9. The van der Waals surface area contributed by atoms with Crippen LogP contribution in [0.4, 0.5) is 0 Å². The Morgan fingerprint density at radius 1 is 1.00 bits per heavy atom. The molecule has 0 amide bonds. The summed E-state index contributed by atoms with van der Waals surface area (Å²) < 4.78 is 0. The fraction of sp³-hybridized carbons (Fsp3) is 0.333. The highest BCUT2D eigenvalue weighted by atomic mass is 14.2. The molecule has 0 unspecified atom stereocenters. The molecule has 0 aromatic heterocycles. The first-order chi connectivity index (χ1) is 4.47. The van der Waals surface area contributed by atoms with Crippen LogP contribution in [0.5, 0.6) is 0 Å². The minimum atomic E-state index is 1.24. The average Bonchev–Trinajstić information content (AvgIpc) is 2.69. The quantitative estimate of drug-likeness (QED) is 0.501. The van der Waals surface area contributed by atoms with Gasteiger partial charge in [0.15, 0.2) is 0 Å². The Morgan fingerprint density at radius 3 is 1.78 bits per heavy atom. The maximum Gasteiger partial charge on any atom is -0.00201 e. The standard InChI is InChI=1S/C7H6.C2H6/c1-2-4-7-5-6(7)3-1;1-2/h1-4H,5H2;1-2H3. The fourth-order valence-electron chi connectivity index (χ4n) is 0.836. The molecule has 0 spiro atoms. The van der Waals surface area contributed by atoms with Gasteiger partial charge in [0.1, 0.15) is 0 Å². The van der Waals surface area contributed by atoms with E-state index in [9.17, 15) is 0 Å². The van der Waals surface area contributed by atoms with Gasteiger partial charge in [-0.1, -0.05) is 38.1 Å². The van der Waals surface area contributed by atoms with E-state index in [-0.39, 0.29) is 0 Å². The van der Waals surface area contributed by atoms with Gasteiger partial charge in [0.25, 0.3) is 0 Å². The molecule has 0 bridgehead atoms. The van der Waals surface area contributed by atoms with E-state index in [0.717, 1.165) is 0 Å². The number of fused-ring (bicyclic) bond motifs is 1. The molecule has 9 heavy (non-hydrogen) atoms. The van der Waals surface area contributed by atoms with Crippen LogP contribution in [-0.2, 0) is 6.42 Å². The van der Waals surface area contributed by atoms with E-state index < -0.39 is 0 Å². The van der Waals surface area contributed by atoms with E-state index in [1.165, 1.54) is 17.5 Å². The predicted molar refractivity (Wildman–Crippen MR) is 40.6 cm³/mol. The van der Waals surface area contributed by atoms with Crippen molar-refractivity contribution in [2.24, 2.45) is 0 Å². The zero-order valence-electron chi connectivity index (χ0n) is 6.02.